The average molecular weight is 387 g/mol. The third-order valence-electron chi connectivity index (χ3n) is 4.12. The standard InChI is InChI=1S/C20H19ClN2O2S/c1-3-12(2)22-19(24)14-8-9-17-16(10-14)23-20(25)18(26-17)11-13-6-4-5-7-15(13)21/h4-12H,3H2,1-2H3,(H,22,24)(H,23,25)/b18-11+/t12-/m1/s1. The highest BCUT2D eigenvalue weighted by Gasteiger charge is 2.22. The highest BCUT2D eigenvalue weighted by molar-refractivity contribution is 8.04. The molecule has 1 aliphatic heterocycles. The van der Waals surface area contributed by atoms with Gasteiger partial charge in [-0.3, -0.25) is 9.59 Å². The fourth-order valence-corrected chi connectivity index (χ4v) is 3.56. The summed E-state index contributed by atoms with van der Waals surface area (Å²) in [6.07, 6.45) is 2.63. The van der Waals surface area contributed by atoms with E-state index >= 15 is 0 Å². The number of rotatable bonds is 4. The zero-order chi connectivity index (χ0) is 18.7. The lowest BCUT2D eigenvalue weighted by molar-refractivity contribution is -0.112. The molecule has 3 rings (SSSR count). The van der Waals surface area contributed by atoms with Crippen molar-refractivity contribution in [3.05, 3.63) is 63.5 Å². The van der Waals surface area contributed by atoms with E-state index in [2.05, 4.69) is 10.6 Å². The number of carbonyl (C=O) groups is 2. The van der Waals surface area contributed by atoms with Gasteiger partial charge in [-0.05, 0) is 49.2 Å². The molecule has 4 nitrogen and oxygen atoms in total. The van der Waals surface area contributed by atoms with Crippen LogP contribution in [-0.2, 0) is 4.79 Å². The Bertz CT molecular complexity index is 895. The summed E-state index contributed by atoms with van der Waals surface area (Å²) in [5.74, 6) is -0.347. The predicted octanol–water partition coefficient (Wildman–Crippen LogP) is 4.95. The molecule has 0 aromatic heterocycles. The van der Waals surface area contributed by atoms with Gasteiger partial charge < -0.3 is 10.6 Å². The summed E-state index contributed by atoms with van der Waals surface area (Å²) in [6.45, 7) is 3.97. The molecule has 0 bridgehead atoms. The molecule has 2 aromatic rings. The van der Waals surface area contributed by atoms with Gasteiger partial charge in [0, 0.05) is 21.5 Å². The summed E-state index contributed by atoms with van der Waals surface area (Å²) in [6, 6.07) is 12.8. The molecule has 1 heterocycles. The molecule has 2 amide bonds. The van der Waals surface area contributed by atoms with E-state index in [-0.39, 0.29) is 17.9 Å². The van der Waals surface area contributed by atoms with Crippen LogP contribution in [0.3, 0.4) is 0 Å². The molecule has 0 fully saturated rings. The van der Waals surface area contributed by atoms with Crippen molar-refractivity contribution in [2.24, 2.45) is 0 Å². The Hall–Kier alpha value is -2.24. The molecule has 2 aromatic carbocycles. The summed E-state index contributed by atoms with van der Waals surface area (Å²) in [7, 11) is 0. The van der Waals surface area contributed by atoms with Gasteiger partial charge in [0.2, 0.25) is 0 Å². The number of hydrogen-bond acceptors (Lipinski definition) is 3. The van der Waals surface area contributed by atoms with E-state index in [1.165, 1.54) is 11.8 Å². The van der Waals surface area contributed by atoms with Crippen LogP contribution in [-0.4, -0.2) is 17.9 Å². The van der Waals surface area contributed by atoms with E-state index in [1.54, 1.807) is 24.3 Å². The molecular formula is C20H19ClN2O2S. The molecule has 0 spiro atoms. The van der Waals surface area contributed by atoms with Crippen LogP contribution < -0.4 is 10.6 Å². The Labute approximate surface area is 162 Å². The maximum absolute atomic E-state index is 12.4. The minimum absolute atomic E-state index is 0.104. The SMILES string of the molecule is CC[C@@H](C)NC(=O)c1ccc2c(c1)NC(=O)/C(=C\c1ccccc1Cl)S2. The second-order valence-corrected chi connectivity index (χ2v) is 7.57. The van der Waals surface area contributed by atoms with Crippen molar-refractivity contribution in [1.29, 1.82) is 0 Å². The van der Waals surface area contributed by atoms with E-state index < -0.39 is 0 Å². The van der Waals surface area contributed by atoms with Crippen LogP contribution in [0, 0.1) is 0 Å². The molecule has 0 unspecified atom stereocenters. The summed E-state index contributed by atoms with van der Waals surface area (Å²) < 4.78 is 0. The molecule has 0 aliphatic carbocycles. The number of hydrogen-bond donors (Lipinski definition) is 2. The second kappa shape index (κ2) is 7.98. The molecule has 6 heteroatoms. The number of anilines is 1. The second-order valence-electron chi connectivity index (χ2n) is 6.08. The summed E-state index contributed by atoms with van der Waals surface area (Å²) in [4.78, 5) is 26.2. The van der Waals surface area contributed by atoms with Gasteiger partial charge in [-0.15, -0.1) is 0 Å². The Morgan fingerprint density at radius 2 is 2.08 bits per heavy atom. The van der Waals surface area contributed by atoms with Crippen LogP contribution in [0.4, 0.5) is 5.69 Å². The lowest BCUT2D eigenvalue weighted by atomic mass is 10.1. The van der Waals surface area contributed by atoms with Gasteiger partial charge in [0.25, 0.3) is 11.8 Å². The first-order valence-corrected chi connectivity index (χ1v) is 9.57. The summed E-state index contributed by atoms with van der Waals surface area (Å²) in [5.41, 5.74) is 1.97. The Morgan fingerprint density at radius 3 is 2.81 bits per heavy atom. The number of fused-ring (bicyclic) bond motifs is 1. The van der Waals surface area contributed by atoms with Gasteiger partial charge in [-0.2, -0.15) is 0 Å². The normalized spacial score (nSPS) is 16.0. The fourth-order valence-electron chi connectivity index (χ4n) is 2.44. The van der Waals surface area contributed by atoms with Crippen LogP contribution in [0.25, 0.3) is 6.08 Å². The molecule has 1 aliphatic rings. The van der Waals surface area contributed by atoms with Crippen LogP contribution in [0.15, 0.2) is 52.3 Å². The van der Waals surface area contributed by atoms with Crippen LogP contribution in [0.5, 0.6) is 0 Å². The molecular weight excluding hydrogens is 368 g/mol. The van der Waals surface area contributed by atoms with Gasteiger partial charge in [0.05, 0.1) is 10.6 Å². The first-order chi connectivity index (χ1) is 12.5. The lowest BCUT2D eigenvalue weighted by Gasteiger charge is -2.20. The molecule has 2 N–H and O–H groups in total. The number of benzene rings is 2. The quantitative estimate of drug-likeness (QED) is 0.730. The number of carbonyl (C=O) groups excluding carboxylic acids is 2. The zero-order valence-corrected chi connectivity index (χ0v) is 16.1. The van der Waals surface area contributed by atoms with E-state index in [0.29, 0.717) is 21.2 Å². The fraction of sp³-hybridized carbons (Fsp3) is 0.200. The van der Waals surface area contributed by atoms with Crippen LogP contribution in [0.1, 0.15) is 36.2 Å². The smallest absolute Gasteiger partial charge is 0.262 e. The highest BCUT2D eigenvalue weighted by atomic mass is 35.5. The maximum atomic E-state index is 12.4. The molecule has 26 heavy (non-hydrogen) atoms. The van der Waals surface area contributed by atoms with Crippen LogP contribution >= 0.6 is 23.4 Å². The maximum Gasteiger partial charge on any atom is 0.262 e. The average Bonchev–Trinajstić information content (AvgIpc) is 2.63. The third-order valence-corrected chi connectivity index (χ3v) is 5.56. The number of amides is 2. The zero-order valence-electron chi connectivity index (χ0n) is 14.5. The largest absolute Gasteiger partial charge is 0.350 e. The summed E-state index contributed by atoms with van der Waals surface area (Å²) in [5, 5.41) is 6.38. The predicted molar refractivity (Wildman–Crippen MR) is 108 cm³/mol. The Kier molecular flexibility index (Phi) is 5.69. The van der Waals surface area contributed by atoms with E-state index in [4.69, 9.17) is 11.6 Å². The monoisotopic (exact) mass is 386 g/mol. The van der Waals surface area contributed by atoms with Crippen molar-refractivity contribution in [2.75, 3.05) is 5.32 Å². The van der Waals surface area contributed by atoms with Crippen molar-refractivity contribution in [3.8, 4) is 0 Å². The van der Waals surface area contributed by atoms with Crippen LogP contribution in [0.2, 0.25) is 5.02 Å². The van der Waals surface area contributed by atoms with Gasteiger partial charge >= 0.3 is 0 Å². The van der Waals surface area contributed by atoms with Gasteiger partial charge in [0.15, 0.2) is 0 Å². The minimum atomic E-state index is -0.207. The highest BCUT2D eigenvalue weighted by Crippen LogP contribution is 2.39. The van der Waals surface area contributed by atoms with Gasteiger partial charge in [0.1, 0.15) is 0 Å². The van der Waals surface area contributed by atoms with E-state index in [0.717, 1.165) is 16.9 Å². The topological polar surface area (TPSA) is 58.2 Å². The van der Waals surface area contributed by atoms with Gasteiger partial charge in [-0.1, -0.05) is 48.5 Å². The first-order valence-electron chi connectivity index (χ1n) is 8.38. The first kappa shape index (κ1) is 18.5. The van der Waals surface area contributed by atoms with E-state index in [1.807, 2.05) is 38.1 Å². The molecule has 0 saturated carbocycles. The number of thioether (sulfide) groups is 1. The minimum Gasteiger partial charge on any atom is -0.350 e. The van der Waals surface area contributed by atoms with Crippen molar-refractivity contribution < 1.29 is 9.59 Å². The lowest BCUT2D eigenvalue weighted by Crippen LogP contribution is -2.32. The van der Waals surface area contributed by atoms with Gasteiger partial charge in [-0.25, -0.2) is 0 Å². The number of nitrogens with one attached hydrogen (secondary N) is 2. The molecule has 0 radical (unpaired) electrons. The third kappa shape index (κ3) is 4.11. The number of halogens is 1. The molecule has 1 atom stereocenters. The van der Waals surface area contributed by atoms with E-state index in [9.17, 15) is 9.59 Å². The molecule has 0 saturated heterocycles. The van der Waals surface area contributed by atoms with Crippen molar-refractivity contribution in [2.45, 2.75) is 31.2 Å². The van der Waals surface area contributed by atoms with Crippen molar-refractivity contribution in [1.82, 2.24) is 5.32 Å². The summed E-state index contributed by atoms with van der Waals surface area (Å²) >= 11 is 7.54. The van der Waals surface area contributed by atoms with Crippen molar-refractivity contribution >= 4 is 46.9 Å². The Balaban J connectivity index is 1.84. The Morgan fingerprint density at radius 1 is 1.31 bits per heavy atom. The molecule has 134 valence electrons. The van der Waals surface area contributed by atoms with Crippen molar-refractivity contribution in [3.63, 3.8) is 0 Å².